The molecule has 0 saturated carbocycles. The summed E-state index contributed by atoms with van der Waals surface area (Å²) < 4.78 is 6.59. The Kier molecular flexibility index (Phi) is 7.81. The minimum absolute atomic E-state index is 0.0396. The Morgan fingerprint density at radius 2 is 2.16 bits per heavy atom. The van der Waals surface area contributed by atoms with Gasteiger partial charge in [-0.05, 0) is 49.8 Å². The Morgan fingerprint density at radius 3 is 2.87 bits per heavy atom. The van der Waals surface area contributed by atoms with E-state index in [1.165, 1.54) is 15.9 Å². The molecule has 0 aliphatic carbocycles. The van der Waals surface area contributed by atoms with Crippen LogP contribution >= 0.6 is 11.3 Å². The zero-order valence-corrected chi connectivity index (χ0v) is 18.8. The minimum Gasteiger partial charge on any atom is -0.466 e. The molecule has 0 amide bonds. The topological polar surface area (TPSA) is 84.4 Å². The van der Waals surface area contributed by atoms with E-state index in [4.69, 9.17) is 4.74 Å². The van der Waals surface area contributed by atoms with Gasteiger partial charge in [-0.1, -0.05) is 30.9 Å². The number of esters is 1. The molecule has 166 valence electrons. The van der Waals surface area contributed by atoms with E-state index in [1.54, 1.807) is 24.4 Å². The zero-order chi connectivity index (χ0) is 22.4. The first-order valence-electron chi connectivity index (χ1n) is 10.5. The van der Waals surface area contributed by atoms with Crippen LogP contribution in [0, 0.1) is 11.8 Å². The molecule has 0 aromatic carbocycles. The summed E-state index contributed by atoms with van der Waals surface area (Å²) in [6.07, 6.45) is 8.44. The molecule has 2 aromatic rings. The van der Waals surface area contributed by atoms with Gasteiger partial charge in [0, 0.05) is 19.6 Å². The molecule has 8 heteroatoms. The molecule has 1 saturated heterocycles. The summed E-state index contributed by atoms with van der Waals surface area (Å²) in [6.45, 7) is 9.93. The Morgan fingerprint density at radius 1 is 1.35 bits per heavy atom. The van der Waals surface area contributed by atoms with Crippen molar-refractivity contribution in [3.63, 3.8) is 0 Å². The standard InChI is InChI=1S/C23H29N3O4S/c1-4-7-16(8-5-2)17-9-11-25(15-19(17)22(28)30-6-3)12-13-26-21(27)18-10-14-31-20(18)24-23(26)29/h4-5,7-8,10,14,17,19H,1,6,9,11-13,15H2,2-3H3,(H,24,29)/b8-5-,16-7+. The summed E-state index contributed by atoms with van der Waals surface area (Å²) in [4.78, 5) is 43.2. The lowest BCUT2D eigenvalue weighted by Crippen LogP contribution is -2.47. The number of likely N-dealkylation sites (tertiary alicyclic amines) is 1. The predicted molar refractivity (Wildman–Crippen MR) is 124 cm³/mol. The Balaban J connectivity index is 1.78. The van der Waals surface area contributed by atoms with E-state index in [2.05, 4.69) is 16.5 Å². The van der Waals surface area contributed by atoms with Crippen LogP contribution in [-0.2, 0) is 16.1 Å². The summed E-state index contributed by atoms with van der Waals surface area (Å²) in [5.41, 5.74) is 0.382. The van der Waals surface area contributed by atoms with Crippen LogP contribution in [-0.4, -0.2) is 46.7 Å². The molecular weight excluding hydrogens is 414 g/mol. The maximum absolute atomic E-state index is 12.7. The Hall–Kier alpha value is -2.71. The molecule has 1 fully saturated rings. The minimum atomic E-state index is -0.402. The van der Waals surface area contributed by atoms with E-state index in [1.807, 2.05) is 25.2 Å². The van der Waals surface area contributed by atoms with Crippen molar-refractivity contribution in [2.75, 3.05) is 26.2 Å². The largest absolute Gasteiger partial charge is 0.466 e. The zero-order valence-electron chi connectivity index (χ0n) is 18.0. The smallest absolute Gasteiger partial charge is 0.329 e. The number of allylic oxidation sites excluding steroid dienone is 5. The first-order chi connectivity index (χ1) is 15.0. The second-order valence-corrected chi connectivity index (χ2v) is 8.42. The summed E-state index contributed by atoms with van der Waals surface area (Å²) in [7, 11) is 0. The quantitative estimate of drug-likeness (QED) is 0.501. The molecule has 1 aliphatic rings. The summed E-state index contributed by atoms with van der Waals surface area (Å²) in [5, 5.41) is 2.32. The van der Waals surface area contributed by atoms with Gasteiger partial charge in [0.15, 0.2) is 0 Å². The van der Waals surface area contributed by atoms with Gasteiger partial charge in [-0.2, -0.15) is 0 Å². The van der Waals surface area contributed by atoms with E-state index in [0.29, 0.717) is 29.9 Å². The maximum atomic E-state index is 12.7. The molecule has 2 unspecified atom stereocenters. The van der Waals surface area contributed by atoms with Crippen LogP contribution in [0.15, 0.2) is 57.5 Å². The number of thiophene rings is 1. The summed E-state index contributed by atoms with van der Waals surface area (Å²) in [5.74, 6) is -0.491. The maximum Gasteiger partial charge on any atom is 0.329 e. The lowest BCUT2D eigenvalue weighted by molar-refractivity contribution is -0.151. The monoisotopic (exact) mass is 443 g/mol. The summed E-state index contributed by atoms with van der Waals surface area (Å²) in [6, 6.07) is 1.73. The summed E-state index contributed by atoms with van der Waals surface area (Å²) >= 11 is 1.34. The fourth-order valence-electron chi connectivity index (χ4n) is 4.16. The van der Waals surface area contributed by atoms with E-state index < -0.39 is 5.69 Å². The highest BCUT2D eigenvalue weighted by Crippen LogP contribution is 2.32. The molecule has 2 atom stereocenters. The average Bonchev–Trinajstić information content (AvgIpc) is 3.22. The van der Waals surface area contributed by atoms with Crippen LogP contribution in [0.1, 0.15) is 20.3 Å². The third kappa shape index (κ3) is 5.14. The lowest BCUT2D eigenvalue weighted by atomic mass is 9.79. The van der Waals surface area contributed by atoms with Crippen LogP contribution < -0.4 is 11.2 Å². The van der Waals surface area contributed by atoms with Gasteiger partial charge in [-0.25, -0.2) is 4.79 Å². The highest BCUT2D eigenvalue weighted by Gasteiger charge is 2.36. The van der Waals surface area contributed by atoms with Gasteiger partial charge >= 0.3 is 11.7 Å². The first-order valence-corrected chi connectivity index (χ1v) is 11.4. The van der Waals surface area contributed by atoms with Crippen molar-refractivity contribution in [1.29, 1.82) is 0 Å². The van der Waals surface area contributed by atoms with Crippen molar-refractivity contribution in [2.45, 2.75) is 26.8 Å². The number of carbonyl (C=O) groups is 1. The fourth-order valence-corrected chi connectivity index (χ4v) is 4.93. The van der Waals surface area contributed by atoms with Crippen molar-refractivity contribution in [1.82, 2.24) is 14.5 Å². The van der Waals surface area contributed by atoms with Gasteiger partial charge in [-0.3, -0.25) is 19.1 Å². The third-order valence-electron chi connectivity index (χ3n) is 5.63. The average molecular weight is 444 g/mol. The van der Waals surface area contributed by atoms with E-state index >= 15 is 0 Å². The highest BCUT2D eigenvalue weighted by molar-refractivity contribution is 7.16. The molecule has 31 heavy (non-hydrogen) atoms. The van der Waals surface area contributed by atoms with Crippen LogP contribution in [0.3, 0.4) is 0 Å². The molecule has 1 N–H and O–H groups in total. The number of nitrogens with one attached hydrogen (secondary N) is 1. The molecule has 7 nitrogen and oxygen atoms in total. The van der Waals surface area contributed by atoms with Crippen LogP contribution in [0.5, 0.6) is 0 Å². The normalized spacial score (nSPS) is 20.4. The third-order valence-corrected chi connectivity index (χ3v) is 6.46. The van der Waals surface area contributed by atoms with E-state index in [-0.39, 0.29) is 29.9 Å². The second kappa shape index (κ2) is 10.5. The van der Waals surface area contributed by atoms with Crippen molar-refractivity contribution >= 4 is 27.5 Å². The van der Waals surface area contributed by atoms with Crippen molar-refractivity contribution in [2.24, 2.45) is 11.8 Å². The predicted octanol–water partition coefficient (Wildman–Crippen LogP) is 2.94. The molecule has 0 spiro atoms. The van der Waals surface area contributed by atoms with E-state index in [9.17, 15) is 14.4 Å². The number of hydrogen-bond acceptors (Lipinski definition) is 6. The van der Waals surface area contributed by atoms with Gasteiger partial charge in [0.25, 0.3) is 5.56 Å². The molecular formula is C23H29N3O4S. The molecule has 1 aliphatic heterocycles. The number of carbonyl (C=O) groups excluding carboxylic acids is 1. The van der Waals surface area contributed by atoms with Crippen molar-refractivity contribution < 1.29 is 9.53 Å². The number of fused-ring (bicyclic) bond motifs is 1. The molecule has 2 aromatic heterocycles. The number of hydrogen-bond donors (Lipinski definition) is 1. The Bertz CT molecular complexity index is 1110. The SMILES string of the molecule is C=C/C=C(\C=C/C)C1CCN(CCn2c(=O)[nH]c3sccc3c2=O)CC1C(=O)OCC. The van der Waals surface area contributed by atoms with Crippen LogP contribution in [0.2, 0.25) is 0 Å². The van der Waals surface area contributed by atoms with Crippen molar-refractivity contribution in [3.05, 3.63) is 68.7 Å². The number of aromatic nitrogens is 2. The number of ether oxygens (including phenoxy) is 1. The second-order valence-electron chi connectivity index (χ2n) is 7.51. The molecule has 0 bridgehead atoms. The van der Waals surface area contributed by atoms with Crippen LogP contribution in [0.25, 0.3) is 10.2 Å². The fraction of sp³-hybridized carbons (Fsp3) is 0.435. The Labute approximate surface area is 185 Å². The van der Waals surface area contributed by atoms with Gasteiger partial charge in [0.05, 0.1) is 17.9 Å². The number of piperidine rings is 1. The molecule has 3 heterocycles. The number of aromatic amines is 1. The van der Waals surface area contributed by atoms with Gasteiger partial charge in [-0.15, -0.1) is 11.3 Å². The number of nitrogens with zero attached hydrogens (tertiary/aromatic N) is 2. The van der Waals surface area contributed by atoms with Crippen molar-refractivity contribution in [3.8, 4) is 0 Å². The highest BCUT2D eigenvalue weighted by atomic mass is 32.1. The van der Waals surface area contributed by atoms with Gasteiger partial charge < -0.3 is 9.64 Å². The number of rotatable bonds is 8. The van der Waals surface area contributed by atoms with Gasteiger partial charge in [0.2, 0.25) is 0 Å². The molecule has 3 rings (SSSR count). The van der Waals surface area contributed by atoms with E-state index in [0.717, 1.165) is 18.5 Å². The molecule has 0 radical (unpaired) electrons. The lowest BCUT2D eigenvalue weighted by Gasteiger charge is -2.38. The van der Waals surface area contributed by atoms with Crippen LogP contribution in [0.4, 0.5) is 0 Å². The van der Waals surface area contributed by atoms with Gasteiger partial charge in [0.1, 0.15) is 4.83 Å². The number of H-pyrrole nitrogens is 1. The first kappa shape index (κ1) is 23.0.